The summed E-state index contributed by atoms with van der Waals surface area (Å²) in [6, 6.07) is 6.60. The molecule has 1 aromatic carbocycles. The number of aryl methyl sites for hydroxylation is 2. The Labute approximate surface area is 113 Å². The molecule has 0 aliphatic rings. The second-order valence-corrected chi connectivity index (χ2v) is 6.64. The molecular weight excluding hydrogens is 260 g/mol. The Bertz CT molecular complexity index is 709. The smallest absolute Gasteiger partial charge is 0.182 e. The van der Waals surface area contributed by atoms with Crippen LogP contribution in [-0.2, 0) is 15.6 Å². The first-order valence-corrected chi connectivity index (χ1v) is 7.53. The summed E-state index contributed by atoms with van der Waals surface area (Å²) in [4.78, 5) is 4.30. The number of sulfone groups is 1. The van der Waals surface area contributed by atoms with Crippen LogP contribution in [0.3, 0.4) is 0 Å². The molecule has 2 N–H and O–H groups in total. The number of nitrogens with zero attached hydrogens (tertiary/aromatic N) is 1. The van der Waals surface area contributed by atoms with E-state index in [0.717, 1.165) is 11.1 Å². The van der Waals surface area contributed by atoms with Crippen LogP contribution in [0.4, 0.5) is 5.69 Å². The van der Waals surface area contributed by atoms with Crippen molar-refractivity contribution in [2.45, 2.75) is 24.5 Å². The van der Waals surface area contributed by atoms with Crippen molar-refractivity contribution in [3.8, 4) is 0 Å². The van der Waals surface area contributed by atoms with Gasteiger partial charge < -0.3 is 5.73 Å². The van der Waals surface area contributed by atoms with E-state index in [1.807, 2.05) is 13.0 Å². The number of pyridine rings is 1. The second kappa shape index (κ2) is 5.01. The average Bonchev–Trinajstić information content (AvgIpc) is 2.32. The van der Waals surface area contributed by atoms with Crippen LogP contribution in [0.2, 0.25) is 0 Å². The lowest BCUT2D eigenvalue weighted by atomic mass is 10.2. The van der Waals surface area contributed by atoms with E-state index in [9.17, 15) is 8.42 Å². The summed E-state index contributed by atoms with van der Waals surface area (Å²) in [5.41, 5.74) is 8.70. The van der Waals surface area contributed by atoms with Gasteiger partial charge in [-0.15, -0.1) is 0 Å². The average molecular weight is 276 g/mol. The number of nitrogen functional groups attached to an aromatic ring is 1. The first-order valence-electron chi connectivity index (χ1n) is 5.88. The highest BCUT2D eigenvalue weighted by atomic mass is 32.2. The van der Waals surface area contributed by atoms with E-state index >= 15 is 0 Å². The standard InChI is InChI=1S/C14H16N2O2S/c1-10-5-12(8-16-7-10)9-19(17,18)13-3-4-14(15)11(2)6-13/h3-8H,9,15H2,1-2H3. The summed E-state index contributed by atoms with van der Waals surface area (Å²) < 4.78 is 24.6. The molecule has 0 aliphatic heterocycles. The van der Waals surface area contributed by atoms with Crippen LogP contribution < -0.4 is 5.73 Å². The highest BCUT2D eigenvalue weighted by Gasteiger charge is 2.16. The van der Waals surface area contributed by atoms with Crippen LogP contribution in [0.5, 0.6) is 0 Å². The van der Waals surface area contributed by atoms with E-state index in [1.165, 1.54) is 0 Å². The summed E-state index contributed by atoms with van der Waals surface area (Å²) in [5, 5.41) is 0. The molecule has 4 nitrogen and oxygen atoms in total. The second-order valence-electron chi connectivity index (χ2n) is 4.65. The summed E-state index contributed by atoms with van der Waals surface area (Å²) in [5.74, 6) is -0.0506. The lowest BCUT2D eigenvalue weighted by Gasteiger charge is -2.07. The van der Waals surface area contributed by atoms with Gasteiger partial charge in [0.2, 0.25) is 0 Å². The quantitative estimate of drug-likeness (QED) is 0.873. The van der Waals surface area contributed by atoms with Crippen LogP contribution in [0.1, 0.15) is 16.7 Å². The molecule has 0 amide bonds. The summed E-state index contributed by atoms with van der Waals surface area (Å²) >= 11 is 0. The molecule has 19 heavy (non-hydrogen) atoms. The third-order valence-electron chi connectivity index (χ3n) is 2.89. The van der Waals surface area contributed by atoms with Crippen LogP contribution >= 0.6 is 0 Å². The predicted molar refractivity (Wildman–Crippen MR) is 75.5 cm³/mol. The molecule has 0 saturated carbocycles. The molecule has 0 saturated heterocycles. The molecule has 0 aliphatic carbocycles. The molecule has 1 heterocycles. The fourth-order valence-electron chi connectivity index (χ4n) is 1.84. The molecular formula is C14H16N2O2S. The van der Waals surface area contributed by atoms with Crippen molar-refractivity contribution < 1.29 is 8.42 Å². The number of hydrogen-bond acceptors (Lipinski definition) is 4. The zero-order valence-corrected chi connectivity index (χ0v) is 11.7. The van der Waals surface area contributed by atoms with Crippen LogP contribution in [-0.4, -0.2) is 13.4 Å². The maximum absolute atomic E-state index is 12.3. The van der Waals surface area contributed by atoms with Gasteiger partial charge in [0.25, 0.3) is 0 Å². The highest BCUT2D eigenvalue weighted by molar-refractivity contribution is 7.90. The molecule has 0 fully saturated rings. The normalized spacial score (nSPS) is 11.5. The monoisotopic (exact) mass is 276 g/mol. The van der Waals surface area contributed by atoms with E-state index in [1.54, 1.807) is 37.5 Å². The fourth-order valence-corrected chi connectivity index (χ4v) is 3.24. The molecule has 0 bridgehead atoms. The van der Waals surface area contributed by atoms with Gasteiger partial charge in [0, 0.05) is 18.1 Å². The fraction of sp³-hybridized carbons (Fsp3) is 0.214. The maximum atomic E-state index is 12.3. The van der Waals surface area contributed by atoms with Gasteiger partial charge in [-0.3, -0.25) is 4.98 Å². The zero-order chi connectivity index (χ0) is 14.0. The van der Waals surface area contributed by atoms with Gasteiger partial charge in [-0.1, -0.05) is 6.07 Å². The minimum atomic E-state index is -3.36. The molecule has 5 heteroatoms. The minimum absolute atomic E-state index is 0.0506. The van der Waals surface area contributed by atoms with Gasteiger partial charge in [-0.2, -0.15) is 0 Å². The van der Waals surface area contributed by atoms with Gasteiger partial charge in [0.05, 0.1) is 10.6 Å². The van der Waals surface area contributed by atoms with Crippen LogP contribution in [0, 0.1) is 13.8 Å². The number of nitrogens with two attached hydrogens (primary N) is 1. The molecule has 0 spiro atoms. The van der Waals surface area contributed by atoms with Crippen LogP contribution in [0.25, 0.3) is 0 Å². The Balaban J connectivity index is 2.35. The van der Waals surface area contributed by atoms with Crippen LogP contribution in [0.15, 0.2) is 41.6 Å². The minimum Gasteiger partial charge on any atom is -0.399 e. The lowest BCUT2D eigenvalue weighted by Crippen LogP contribution is -2.06. The van der Waals surface area contributed by atoms with Gasteiger partial charge in [-0.25, -0.2) is 8.42 Å². The first-order chi connectivity index (χ1) is 8.88. The molecule has 0 radical (unpaired) electrons. The van der Waals surface area contributed by atoms with Crippen molar-refractivity contribution in [3.63, 3.8) is 0 Å². The molecule has 0 unspecified atom stereocenters. The number of hydrogen-bond donors (Lipinski definition) is 1. The van der Waals surface area contributed by atoms with Crippen molar-refractivity contribution in [1.29, 1.82) is 0 Å². The number of aromatic nitrogens is 1. The third kappa shape index (κ3) is 3.12. The Morgan fingerprint density at radius 1 is 1.16 bits per heavy atom. The van der Waals surface area contributed by atoms with Crippen molar-refractivity contribution in [3.05, 3.63) is 53.3 Å². The third-order valence-corrected chi connectivity index (χ3v) is 4.57. The van der Waals surface area contributed by atoms with Gasteiger partial charge in [0.15, 0.2) is 9.84 Å². The van der Waals surface area contributed by atoms with Gasteiger partial charge in [-0.05, 0) is 48.7 Å². The predicted octanol–water partition coefficient (Wildman–Crippen LogP) is 2.25. The summed E-state index contributed by atoms with van der Waals surface area (Å²) in [6.45, 7) is 3.68. The SMILES string of the molecule is Cc1cncc(CS(=O)(=O)c2ccc(N)c(C)c2)c1. The van der Waals surface area contributed by atoms with E-state index in [-0.39, 0.29) is 5.75 Å². The van der Waals surface area contributed by atoms with Gasteiger partial charge >= 0.3 is 0 Å². The number of benzene rings is 1. The van der Waals surface area contributed by atoms with E-state index < -0.39 is 9.84 Å². The van der Waals surface area contributed by atoms with Crippen molar-refractivity contribution >= 4 is 15.5 Å². The Kier molecular flexibility index (Phi) is 3.57. The molecule has 100 valence electrons. The van der Waals surface area contributed by atoms with Gasteiger partial charge in [0.1, 0.15) is 0 Å². The maximum Gasteiger partial charge on any atom is 0.182 e. The molecule has 0 atom stereocenters. The zero-order valence-electron chi connectivity index (χ0n) is 10.9. The highest BCUT2D eigenvalue weighted by Crippen LogP contribution is 2.20. The van der Waals surface area contributed by atoms with E-state index in [4.69, 9.17) is 5.73 Å². The lowest BCUT2D eigenvalue weighted by molar-refractivity contribution is 0.595. The van der Waals surface area contributed by atoms with Crippen molar-refractivity contribution in [2.75, 3.05) is 5.73 Å². The summed E-state index contributed by atoms with van der Waals surface area (Å²) in [7, 11) is -3.36. The number of rotatable bonds is 3. The topological polar surface area (TPSA) is 73.0 Å². The Morgan fingerprint density at radius 2 is 1.89 bits per heavy atom. The van der Waals surface area contributed by atoms with E-state index in [0.29, 0.717) is 16.1 Å². The largest absolute Gasteiger partial charge is 0.399 e. The molecule has 2 rings (SSSR count). The molecule has 1 aromatic heterocycles. The Hall–Kier alpha value is -1.88. The molecule has 2 aromatic rings. The summed E-state index contributed by atoms with van der Waals surface area (Å²) in [6.07, 6.45) is 3.28. The van der Waals surface area contributed by atoms with Crippen molar-refractivity contribution in [1.82, 2.24) is 4.98 Å². The number of anilines is 1. The van der Waals surface area contributed by atoms with Crippen molar-refractivity contribution in [2.24, 2.45) is 0 Å². The van der Waals surface area contributed by atoms with E-state index in [2.05, 4.69) is 4.98 Å². The first kappa shape index (κ1) is 13.5. The Morgan fingerprint density at radius 3 is 2.53 bits per heavy atom.